The van der Waals surface area contributed by atoms with E-state index in [1.54, 1.807) is 6.92 Å². The van der Waals surface area contributed by atoms with Crippen molar-refractivity contribution in [2.45, 2.75) is 51.6 Å². The Kier molecular flexibility index (Phi) is 4.83. The van der Waals surface area contributed by atoms with E-state index in [-0.39, 0.29) is 5.56 Å². The van der Waals surface area contributed by atoms with Crippen LogP contribution in [0.5, 0.6) is 0 Å². The number of carboxylic acid groups (broad SMARTS) is 1. The molecule has 3 N–H and O–H groups in total. The number of pyridine rings is 1. The molecular formula is C16H24N2O3. The van der Waals surface area contributed by atoms with Crippen LogP contribution in [0.2, 0.25) is 0 Å². The lowest BCUT2D eigenvalue weighted by molar-refractivity contribution is 0.00222. The van der Waals surface area contributed by atoms with Crippen molar-refractivity contribution in [1.29, 1.82) is 0 Å². The summed E-state index contributed by atoms with van der Waals surface area (Å²) in [6.07, 6.45) is 4.85. The smallest absolute Gasteiger partial charge is 0.335 e. The number of hydrogen-bond donors (Lipinski definition) is 3. The van der Waals surface area contributed by atoms with Crippen molar-refractivity contribution in [2.24, 2.45) is 5.92 Å². The topological polar surface area (TPSA) is 82.5 Å². The van der Waals surface area contributed by atoms with Crippen LogP contribution in [-0.4, -0.2) is 33.3 Å². The Bertz CT molecular complexity index is 508. The molecule has 0 spiro atoms. The highest BCUT2D eigenvalue weighted by Gasteiger charge is 2.32. The fourth-order valence-corrected chi connectivity index (χ4v) is 2.94. The number of nitrogens with zero attached hydrogens (tertiary/aromatic N) is 1. The van der Waals surface area contributed by atoms with Crippen molar-refractivity contribution < 1.29 is 15.0 Å². The average Bonchev–Trinajstić information content (AvgIpc) is 2.45. The van der Waals surface area contributed by atoms with Gasteiger partial charge < -0.3 is 15.5 Å². The van der Waals surface area contributed by atoms with E-state index >= 15 is 0 Å². The van der Waals surface area contributed by atoms with E-state index in [1.807, 2.05) is 0 Å². The molecule has 1 aromatic heterocycles. The Labute approximate surface area is 125 Å². The van der Waals surface area contributed by atoms with Gasteiger partial charge in [0.05, 0.1) is 11.2 Å². The summed E-state index contributed by atoms with van der Waals surface area (Å²) in [7, 11) is 0. The summed E-state index contributed by atoms with van der Waals surface area (Å²) >= 11 is 0. The monoisotopic (exact) mass is 292 g/mol. The fourth-order valence-electron chi connectivity index (χ4n) is 2.94. The first-order valence-corrected chi connectivity index (χ1v) is 7.60. The summed E-state index contributed by atoms with van der Waals surface area (Å²) in [6.45, 7) is 4.37. The van der Waals surface area contributed by atoms with E-state index in [4.69, 9.17) is 5.11 Å². The van der Waals surface area contributed by atoms with Gasteiger partial charge in [0, 0.05) is 12.2 Å². The Morgan fingerprint density at radius 2 is 2.10 bits per heavy atom. The maximum absolute atomic E-state index is 11.0. The molecule has 0 aromatic carbocycles. The van der Waals surface area contributed by atoms with Crippen molar-refractivity contribution in [3.8, 4) is 0 Å². The van der Waals surface area contributed by atoms with Crippen LogP contribution in [0.4, 0.5) is 5.82 Å². The summed E-state index contributed by atoms with van der Waals surface area (Å²) in [6, 6.07) is 3.05. The standard InChI is InChI=1S/C16H24N2O3/c1-3-12-4-6-16(21,7-5-12)10-17-14-9-13(15(19)20)8-11(2)18-14/h8-9,12,21H,3-7,10H2,1-2H3,(H,17,18)(H,19,20). The second-order valence-corrected chi connectivity index (χ2v) is 6.12. The normalized spacial score (nSPS) is 25.6. The quantitative estimate of drug-likeness (QED) is 0.777. The van der Waals surface area contributed by atoms with Crippen LogP contribution in [0.15, 0.2) is 12.1 Å². The number of rotatable bonds is 5. The first kappa shape index (κ1) is 15.8. The van der Waals surface area contributed by atoms with Gasteiger partial charge in [-0.2, -0.15) is 0 Å². The van der Waals surface area contributed by atoms with E-state index < -0.39 is 11.6 Å². The number of hydrogen-bond acceptors (Lipinski definition) is 4. The molecule has 0 aliphatic heterocycles. The average molecular weight is 292 g/mol. The summed E-state index contributed by atoms with van der Waals surface area (Å²) in [5.74, 6) is 0.269. The minimum absolute atomic E-state index is 0.215. The van der Waals surface area contributed by atoms with Crippen LogP contribution in [0.25, 0.3) is 0 Å². The van der Waals surface area contributed by atoms with Gasteiger partial charge in [-0.3, -0.25) is 0 Å². The minimum atomic E-state index is -0.967. The molecule has 21 heavy (non-hydrogen) atoms. The summed E-state index contributed by atoms with van der Waals surface area (Å²) in [5.41, 5.74) is 0.159. The zero-order valence-electron chi connectivity index (χ0n) is 12.7. The van der Waals surface area contributed by atoms with Crippen LogP contribution >= 0.6 is 0 Å². The van der Waals surface area contributed by atoms with Gasteiger partial charge in [0.1, 0.15) is 5.82 Å². The molecular weight excluding hydrogens is 268 g/mol. The highest BCUT2D eigenvalue weighted by molar-refractivity contribution is 5.88. The Morgan fingerprint density at radius 1 is 1.43 bits per heavy atom. The predicted molar refractivity (Wildman–Crippen MR) is 81.6 cm³/mol. The van der Waals surface area contributed by atoms with E-state index in [0.29, 0.717) is 18.1 Å². The lowest BCUT2D eigenvalue weighted by Gasteiger charge is -2.36. The third-order valence-corrected chi connectivity index (χ3v) is 4.41. The Balaban J connectivity index is 1.98. The summed E-state index contributed by atoms with van der Waals surface area (Å²) < 4.78 is 0. The molecule has 0 atom stereocenters. The molecule has 1 aliphatic carbocycles. The van der Waals surface area contributed by atoms with Crippen LogP contribution in [0.3, 0.4) is 0 Å². The molecule has 0 saturated heterocycles. The van der Waals surface area contributed by atoms with Crippen molar-refractivity contribution in [2.75, 3.05) is 11.9 Å². The maximum Gasteiger partial charge on any atom is 0.335 e. The molecule has 1 saturated carbocycles. The van der Waals surface area contributed by atoms with Crippen molar-refractivity contribution >= 4 is 11.8 Å². The third-order valence-electron chi connectivity index (χ3n) is 4.41. The van der Waals surface area contributed by atoms with Gasteiger partial charge in [0.2, 0.25) is 0 Å². The molecule has 5 nitrogen and oxygen atoms in total. The van der Waals surface area contributed by atoms with Gasteiger partial charge in [0.15, 0.2) is 0 Å². The SMILES string of the molecule is CCC1CCC(O)(CNc2cc(C(=O)O)cc(C)n2)CC1. The largest absolute Gasteiger partial charge is 0.478 e. The second-order valence-electron chi connectivity index (χ2n) is 6.12. The number of aryl methyl sites for hydroxylation is 1. The number of aromatic nitrogens is 1. The first-order valence-electron chi connectivity index (χ1n) is 7.60. The molecule has 5 heteroatoms. The van der Waals surface area contributed by atoms with Crippen LogP contribution in [-0.2, 0) is 0 Å². The van der Waals surface area contributed by atoms with Gasteiger partial charge in [-0.05, 0) is 50.7 Å². The second kappa shape index (κ2) is 6.43. The zero-order chi connectivity index (χ0) is 15.5. The molecule has 1 heterocycles. The molecule has 1 aromatic rings. The van der Waals surface area contributed by atoms with Crippen LogP contribution in [0, 0.1) is 12.8 Å². The molecule has 0 radical (unpaired) electrons. The lowest BCUT2D eigenvalue weighted by atomic mass is 9.78. The number of aromatic carboxylic acids is 1. The predicted octanol–water partition coefficient (Wildman–Crippen LogP) is 2.83. The Hall–Kier alpha value is -1.62. The highest BCUT2D eigenvalue weighted by Crippen LogP contribution is 2.33. The number of carboxylic acids is 1. The van der Waals surface area contributed by atoms with Crippen LogP contribution in [0.1, 0.15) is 55.1 Å². The Morgan fingerprint density at radius 3 is 2.67 bits per heavy atom. The molecule has 0 unspecified atom stereocenters. The molecule has 116 valence electrons. The van der Waals surface area contributed by atoms with Crippen molar-refractivity contribution in [1.82, 2.24) is 4.98 Å². The lowest BCUT2D eigenvalue weighted by Crippen LogP contribution is -2.40. The van der Waals surface area contributed by atoms with Gasteiger partial charge in [-0.1, -0.05) is 13.3 Å². The van der Waals surface area contributed by atoms with Gasteiger partial charge in [-0.25, -0.2) is 9.78 Å². The van der Waals surface area contributed by atoms with Gasteiger partial charge >= 0.3 is 5.97 Å². The van der Waals surface area contributed by atoms with E-state index in [9.17, 15) is 9.90 Å². The number of carbonyl (C=O) groups is 1. The summed E-state index contributed by atoms with van der Waals surface area (Å²) in [5, 5.41) is 22.7. The van der Waals surface area contributed by atoms with Gasteiger partial charge in [0.25, 0.3) is 0 Å². The highest BCUT2D eigenvalue weighted by atomic mass is 16.4. The summed E-state index contributed by atoms with van der Waals surface area (Å²) in [4.78, 5) is 15.3. The first-order chi connectivity index (χ1) is 9.92. The van der Waals surface area contributed by atoms with E-state index in [2.05, 4.69) is 17.2 Å². The third kappa shape index (κ3) is 4.17. The molecule has 1 fully saturated rings. The van der Waals surface area contributed by atoms with E-state index in [1.165, 1.54) is 18.6 Å². The number of anilines is 1. The van der Waals surface area contributed by atoms with Crippen LogP contribution < -0.4 is 5.32 Å². The number of nitrogens with one attached hydrogen (secondary N) is 1. The minimum Gasteiger partial charge on any atom is -0.478 e. The molecule has 0 bridgehead atoms. The molecule has 0 amide bonds. The van der Waals surface area contributed by atoms with E-state index in [0.717, 1.165) is 31.6 Å². The molecule has 2 rings (SSSR count). The zero-order valence-corrected chi connectivity index (χ0v) is 12.7. The fraction of sp³-hybridized carbons (Fsp3) is 0.625. The number of aliphatic hydroxyl groups is 1. The van der Waals surface area contributed by atoms with Crippen molar-refractivity contribution in [3.05, 3.63) is 23.4 Å². The van der Waals surface area contributed by atoms with Gasteiger partial charge in [-0.15, -0.1) is 0 Å². The van der Waals surface area contributed by atoms with Crippen molar-refractivity contribution in [3.63, 3.8) is 0 Å². The maximum atomic E-state index is 11.0. The molecule has 1 aliphatic rings.